The summed E-state index contributed by atoms with van der Waals surface area (Å²) >= 11 is 0. The Kier molecular flexibility index (Phi) is 5.60. The number of hydrogen-bond acceptors (Lipinski definition) is 5. The molecule has 3 fully saturated rings. The number of ketones is 2. The number of Topliss-reactive ketones (excluding diaryl/α,β-unsaturated/α-hetero) is 1. The summed E-state index contributed by atoms with van der Waals surface area (Å²) in [4.78, 5) is 37.5. The van der Waals surface area contributed by atoms with Gasteiger partial charge in [-0.3, -0.25) is 9.59 Å². The number of hydrogen-bond donors (Lipinski definition) is 2. The molecule has 0 amide bonds. The highest BCUT2D eigenvalue weighted by Gasteiger charge is 2.63. The Labute approximate surface area is 189 Å². The van der Waals surface area contributed by atoms with Crippen molar-refractivity contribution in [1.29, 1.82) is 0 Å². The van der Waals surface area contributed by atoms with E-state index < -0.39 is 11.6 Å². The van der Waals surface area contributed by atoms with Gasteiger partial charge in [0, 0.05) is 24.0 Å². The van der Waals surface area contributed by atoms with E-state index >= 15 is 0 Å². The second-order valence-electron chi connectivity index (χ2n) is 11.1. The van der Waals surface area contributed by atoms with Gasteiger partial charge >= 0.3 is 5.97 Å². The third kappa shape index (κ3) is 3.33. The van der Waals surface area contributed by atoms with Crippen molar-refractivity contribution in [1.82, 2.24) is 0 Å². The minimum Gasteiger partial charge on any atom is -0.477 e. The first-order valence-electron chi connectivity index (χ1n) is 11.9. The molecule has 1 heterocycles. The van der Waals surface area contributed by atoms with Crippen molar-refractivity contribution in [2.75, 3.05) is 0 Å². The van der Waals surface area contributed by atoms with Crippen LogP contribution >= 0.6 is 0 Å². The third-order valence-electron chi connectivity index (χ3n) is 9.72. The van der Waals surface area contributed by atoms with Crippen LogP contribution in [0.15, 0.2) is 28.9 Å². The maximum Gasteiger partial charge on any atom is 0.354 e. The van der Waals surface area contributed by atoms with E-state index in [0.717, 1.165) is 38.5 Å². The second-order valence-corrected chi connectivity index (χ2v) is 11.1. The minimum atomic E-state index is -0.956. The van der Waals surface area contributed by atoms with Crippen LogP contribution in [0, 0.1) is 34.5 Å². The van der Waals surface area contributed by atoms with Crippen molar-refractivity contribution in [3.05, 3.63) is 23.9 Å². The predicted octanol–water partition coefficient (Wildman–Crippen LogP) is 4.12. The molecule has 6 heteroatoms. The fourth-order valence-electron chi connectivity index (χ4n) is 7.91. The van der Waals surface area contributed by atoms with Crippen molar-refractivity contribution < 1.29 is 24.6 Å². The first-order valence-corrected chi connectivity index (χ1v) is 11.9. The molecule has 174 valence electrons. The van der Waals surface area contributed by atoms with Crippen molar-refractivity contribution >= 4 is 23.2 Å². The second kappa shape index (κ2) is 7.75. The number of carboxylic acids is 1. The average molecular weight is 442 g/mol. The number of carboxylic acid groups (broad SMARTS) is 1. The summed E-state index contributed by atoms with van der Waals surface area (Å²) in [6.07, 6.45) is 11.4. The standard InChI is InChI=1S/C22H32O3.C4H3NO2/c1-13(23)17-7-8-18-16-6-5-14-11-15(24)12-21(3,25)22(14,4)19(16)9-10-20(17,18)2;6-4(7)3-1-2-5-3/h11,16-19,25H,5-10,12H2,1-4H3;1-2H,(H,6,7)/t16-,17+,18-,19-,20+,21?,22-;/m0./s1. The average Bonchev–Trinajstić information content (AvgIpc) is 2.98. The maximum atomic E-state index is 12.2. The lowest BCUT2D eigenvalue weighted by Crippen LogP contribution is -2.60. The molecular weight excluding hydrogens is 406 g/mol. The molecule has 5 rings (SSSR count). The SMILES string of the molecule is CC(=O)[C@H]1CC[C@H]2[C@@H]3CCC4=CC(=O)CC(C)(O)[C@]4(C)[C@H]3CC[C@]12C.O=C(O)C1=NC=C1. The third-order valence-corrected chi connectivity index (χ3v) is 9.72. The molecule has 0 aromatic heterocycles. The van der Waals surface area contributed by atoms with Gasteiger partial charge in [-0.2, -0.15) is 0 Å². The zero-order chi connectivity index (χ0) is 23.5. The maximum absolute atomic E-state index is 12.2. The zero-order valence-electron chi connectivity index (χ0n) is 19.6. The highest BCUT2D eigenvalue weighted by Crippen LogP contribution is 2.68. The Balaban J connectivity index is 0.000000300. The molecule has 0 aromatic carbocycles. The molecule has 1 aliphatic heterocycles. The fraction of sp³-hybridized carbons (Fsp3) is 0.692. The van der Waals surface area contributed by atoms with E-state index in [1.165, 1.54) is 17.8 Å². The van der Waals surface area contributed by atoms with Gasteiger partial charge in [0.1, 0.15) is 11.5 Å². The summed E-state index contributed by atoms with van der Waals surface area (Å²) in [6.45, 7) is 8.21. The number of fused-ring (bicyclic) bond motifs is 5. The first kappa shape index (κ1) is 23.1. The van der Waals surface area contributed by atoms with Gasteiger partial charge in [0.2, 0.25) is 0 Å². The molecular formula is C26H35NO5. The van der Waals surface area contributed by atoms with Crippen LogP contribution in [0.25, 0.3) is 0 Å². The van der Waals surface area contributed by atoms with Crippen LogP contribution in [-0.2, 0) is 14.4 Å². The molecule has 5 aliphatic rings. The molecule has 4 aliphatic carbocycles. The summed E-state index contributed by atoms with van der Waals surface area (Å²) < 4.78 is 0. The zero-order valence-corrected chi connectivity index (χ0v) is 19.6. The lowest BCUT2D eigenvalue weighted by atomic mass is 9.44. The fourth-order valence-corrected chi connectivity index (χ4v) is 7.91. The van der Waals surface area contributed by atoms with E-state index in [4.69, 9.17) is 5.11 Å². The van der Waals surface area contributed by atoms with Crippen molar-refractivity contribution in [2.24, 2.45) is 39.5 Å². The van der Waals surface area contributed by atoms with Gasteiger partial charge in [-0.1, -0.05) is 19.4 Å². The largest absolute Gasteiger partial charge is 0.477 e. The van der Waals surface area contributed by atoms with Crippen LogP contribution in [0.1, 0.15) is 72.6 Å². The first-order chi connectivity index (χ1) is 14.9. The van der Waals surface area contributed by atoms with Gasteiger partial charge in [-0.05, 0) is 87.7 Å². The van der Waals surface area contributed by atoms with E-state index in [1.54, 1.807) is 6.92 Å². The predicted molar refractivity (Wildman–Crippen MR) is 121 cm³/mol. The Morgan fingerprint density at radius 3 is 2.31 bits per heavy atom. The molecule has 0 radical (unpaired) electrons. The van der Waals surface area contributed by atoms with Crippen LogP contribution in [0.4, 0.5) is 0 Å². The van der Waals surface area contributed by atoms with Crippen LogP contribution in [0.5, 0.6) is 0 Å². The molecule has 6 nitrogen and oxygen atoms in total. The number of aliphatic imine (C=N–C) groups is 1. The number of carbonyl (C=O) groups is 3. The van der Waals surface area contributed by atoms with E-state index in [0.29, 0.717) is 23.5 Å². The van der Waals surface area contributed by atoms with E-state index in [2.05, 4.69) is 18.8 Å². The van der Waals surface area contributed by atoms with E-state index in [9.17, 15) is 19.5 Å². The lowest BCUT2D eigenvalue weighted by Gasteiger charge is -2.61. The summed E-state index contributed by atoms with van der Waals surface area (Å²) in [6, 6.07) is 0. The van der Waals surface area contributed by atoms with Crippen molar-refractivity contribution in [3.63, 3.8) is 0 Å². The summed E-state index contributed by atoms with van der Waals surface area (Å²) in [7, 11) is 0. The Morgan fingerprint density at radius 1 is 1.09 bits per heavy atom. The van der Waals surface area contributed by atoms with Crippen LogP contribution < -0.4 is 0 Å². The van der Waals surface area contributed by atoms with Crippen molar-refractivity contribution in [3.8, 4) is 0 Å². The number of rotatable bonds is 2. The molecule has 7 atom stereocenters. The van der Waals surface area contributed by atoms with Crippen LogP contribution in [-0.4, -0.2) is 39.1 Å². The minimum absolute atomic E-state index is 0.0779. The molecule has 1 unspecified atom stereocenters. The Morgan fingerprint density at radius 2 is 1.78 bits per heavy atom. The highest BCUT2D eigenvalue weighted by molar-refractivity contribution is 6.42. The molecule has 0 saturated heterocycles. The monoisotopic (exact) mass is 441 g/mol. The van der Waals surface area contributed by atoms with E-state index in [1.807, 2.05) is 13.0 Å². The molecule has 2 N–H and O–H groups in total. The number of aliphatic hydroxyl groups is 1. The van der Waals surface area contributed by atoms with E-state index in [-0.39, 0.29) is 34.7 Å². The van der Waals surface area contributed by atoms with Gasteiger partial charge in [-0.25, -0.2) is 9.79 Å². The van der Waals surface area contributed by atoms with Gasteiger partial charge in [-0.15, -0.1) is 0 Å². The lowest BCUT2D eigenvalue weighted by molar-refractivity contribution is -0.154. The normalized spacial score (nSPS) is 44.0. The molecule has 0 aromatic rings. The summed E-state index contributed by atoms with van der Waals surface area (Å²) in [5.41, 5.74) is 0.212. The smallest absolute Gasteiger partial charge is 0.354 e. The Hall–Kier alpha value is -2.08. The van der Waals surface area contributed by atoms with Crippen LogP contribution in [0.2, 0.25) is 0 Å². The van der Waals surface area contributed by atoms with Gasteiger partial charge < -0.3 is 10.2 Å². The molecule has 32 heavy (non-hydrogen) atoms. The number of carbonyl (C=O) groups excluding carboxylic acids is 2. The summed E-state index contributed by atoms with van der Waals surface area (Å²) in [5, 5.41) is 19.3. The van der Waals surface area contributed by atoms with Gasteiger partial charge in [0.25, 0.3) is 0 Å². The number of nitrogens with zero attached hydrogens (tertiary/aromatic N) is 1. The highest BCUT2D eigenvalue weighted by atomic mass is 16.4. The summed E-state index contributed by atoms with van der Waals surface area (Å²) in [5.74, 6) is 1.30. The Bertz CT molecular complexity index is 944. The molecule has 3 saturated carbocycles. The molecule has 0 spiro atoms. The van der Waals surface area contributed by atoms with Gasteiger partial charge in [0.15, 0.2) is 5.78 Å². The quantitative estimate of drug-likeness (QED) is 0.671. The number of aliphatic carboxylic acids is 1. The topological polar surface area (TPSA) is 104 Å². The van der Waals surface area contributed by atoms with Crippen LogP contribution in [0.3, 0.4) is 0 Å². The van der Waals surface area contributed by atoms with Crippen molar-refractivity contribution in [2.45, 2.75) is 78.2 Å². The molecule has 0 bridgehead atoms. The van der Waals surface area contributed by atoms with Gasteiger partial charge in [0.05, 0.1) is 5.60 Å².